The van der Waals surface area contributed by atoms with Gasteiger partial charge in [0.15, 0.2) is 0 Å². The Balaban J connectivity index is 0. The van der Waals surface area contributed by atoms with Gasteiger partial charge in [-0.3, -0.25) is 19.4 Å². The van der Waals surface area contributed by atoms with Crippen LogP contribution in [0.4, 0.5) is 0 Å². The molecule has 0 fully saturated rings. The van der Waals surface area contributed by atoms with Crippen molar-refractivity contribution in [3.05, 3.63) is 0 Å². The van der Waals surface area contributed by atoms with Crippen LogP contribution in [0.25, 0.3) is 0 Å². The molecule has 0 spiro atoms. The topological polar surface area (TPSA) is 314 Å². The summed E-state index contributed by atoms with van der Waals surface area (Å²) in [6.45, 7) is 4.41. The maximum Gasteiger partial charge on any atom is 0.234 e. The lowest BCUT2D eigenvalue weighted by Crippen LogP contribution is -2.50. The summed E-state index contributed by atoms with van der Waals surface area (Å²) in [5.74, 6) is -0.452. The molecule has 6 atom stereocenters. The fourth-order valence-corrected chi connectivity index (χ4v) is 4.78. The maximum atomic E-state index is 12.4. The number of nitrogens with zero attached hydrogens (tertiary/aromatic N) is 2. The monoisotopic (exact) mass is 838 g/mol. The first-order valence-corrected chi connectivity index (χ1v) is 19.3. The van der Waals surface area contributed by atoms with E-state index in [0.29, 0.717) is 65.9 Å². The van der Waals surface area contributed by atoms with Crippen molar-refractivity contribution < 1.29 is 84.0 Å². The zero-order valence-corrected chi connectivity index (χ0v) is 34.1. The Bertz CT molecular complexity index is 881. The lowest BCUT2D eigenvalue weighted by molar-refractivity contribution is -0.125. The standard InChI is InChI=1S/C34H71N5O16.CH4O/c1-35-5-11-50-15-17-53-14-8-39(25-31(46)36-2)26-32(47)37-6-12-51-16-19-54-21-22-55-20-18-52-13-7-38(23-29(44)33(48)27(42)3-9-40)24-30(45)34(49)28(43)4-10-41;1-2/h27-30,33-35,40-45,48-49H,3-26H2,1-2H3,(H,36,46)(H,37,47);2H,1H3. The van der Waals surface area contributed by atoms with Crippen molar-refractivity contribution in [3.8, 4) is 0 Å². The highest BCUT2D eigenvalue weighted by molar-refractivity contribution is 5.80. The molecule has 12 N–H and O–H groups in total. The predicted molar refractivity (Wildman–Crippen MR) is 206 cm³/mol. The van der Waals surface area contributed by atoms with Crippen molar-refractivity contribution >= 4 is 11.8 Å². The first kappa shape index (κ1) is 57.3. The summed E-state index contributed by atoms with van der Waals surface area (Å²) in [6.07, 6.45) is -9.08. The molecule has 0 aromatic heterocycles. The molecule has 0 aliphatic heterocycles. The SMILES string of the molecule is CNCCOCCOCCN(CC(=O)NC)CC(=O)NCCOCCOCCOCCOCCN(CC(O)C(O)C(O)CCO)CC(O)C(O)C(O)CCO.CO. The number of amides is 2. The molecule has 22 nitrogen and oxygen atoms in total. The molecule has 0 saturated carbocycles. The molecule has 0 bridgehead atoms. The molecule has 0 heterocycles. The minimum Gasteiger partial charge on any atom is -0.400 e. The van der Waals surface area contributed by atoms with Crippen molar-refractivity contribution in [2.75, 3.05) is 166 Å². The number of likely N-dealkylation sites (N-methyl/N-ethyl adjacent to an activating group) is 2. The summed E-state index contributed by atoms with van der Waals surface area (Å²) in [7, 11) is 4.38. The van der Waals surface area contributed by atoms with Crippen LogP contribution >= 0.6 is 0 Å². The fraction of sp³-hybridized carbons (Fsp3) is 0.943. The minimum atomic E-state index is -1.57. The van der Waals surface area contributed by atoms with Crippen LogP contribution in [-0.2, 0) is 38.0 Å². The average Bonchev–Trinajstić information content (AvgIpc) is 3.20. The van der Waals surface area contributed by atoms with Gasteiger partial charge >= 0.3 is 0 Å². The number of rotatable bonds is 40. The van der Waals surface area contributed by atoms with E-state index in [-0.39, 0.29) is 83.8 Å². The molecule has 0 aliphatic carbocycles. The Labute approximate surface area is 336 Å². The Hall–Kier alpha value is -1.78. The number of carbonyl (C=O) groups is 2. The normalized spacial score (nSPS) is 14.8. The Morgan fingerprint density at radius 1 is 0.509 bits per heavy atom. The van der Waals surface area contributed by atoms with Crippen molar-refractivity contribution in [1.29, 1.82) is 0 Å². The number of aliphatic hydroxyl groups excluding tert-OH is 9. The van der Waals surface area contributed by atoms with E-state index in [9.17, 15) is 40.2 Å². The zero-order valence-electron chi connectivity index (χ0n) is 34.1. The van der Waals surface area contributed by atoms with E-state index in [1.54, 1.807) is 4.90 Å². The Kier molecular flexibility index (Phi) is 41.2. The van der Waals surface area contributed by atoms with Gasteiger partial charge in [0, 0.05) is 66.6 Å². The number of hydrogen-bond acceptors (Lipinski definition) is 20. The average molecular weight is 838 g/mol. The quantitative estimate of drug-likeness (QED) is 0.0255. The van der Waals surface area contributed by atoms with Crippen LogP contribution in [0.1, 0.15) is 12.8 Å². The molecule has 0 aromatic rings. The van der Waals surface area contributed by atoms with Crippen LogP contribution in [0.3, 0.4) is 0 Å². The van der Waals surface area contributed by atoms with E-state index in [4.69, 9.17) is 43.7 Å². The third kappa shape index (κ3) is 33.7. The molecule has 0 rings (SSSR count). The second-order valence-corrected chi connectivity index (χ2v) is 12.5. The molecule has 0 saturated heterocycles. The predicted octanol–water partition coefficient (Wildman–Crippen LogP) is -6.69. The van der Waals surface area contributed by atoms with Gasteiger partial charge < -0.3 is 90.3 Å². The van der Waals surface area contributed by atoms with E-state index < -0.39 is 49.8 Å². The fourth-order valence-electron chi connectivity index (χ4n) is 4.78. The van der Waals surface area contributed by atoms with Crippen LogP contribution in [0.5, 0.6) is 0 Å². The number of hydrogen-bond donors (Lipinski definition) is 12. The van der Waals surface area contributed by atoms with Crippen LogP contribution in [-0.4, -0.2) is 270 Å². The molecule has 0 radical (unpaired) electrons. The van der Waals surface area contributed by atoms with Crippen molar-refractivity contribution in [2.45, 2.75) is 49.5 Å². The maximum absolute atomic E-state index is 12.4. The van der Waals surface area contributed by atoms with E-state index in [2.05, 4.69) is 16.0 Å². The summed E-state index contributed by atoms with van der Waals surface area (Å²) in [5.41, 5.74) is 0. The second-order valence-electron chi connectivity index (χ2n) is 12.5. The van der Waals surface area contributed by atoms with Crippen LogP contribution in [0, 0.1) is 0 Å². The first-order valence-electron chi connectivity index (χ1n) is 19.3. The molecule has 0 aliphatic rings. The molecule has 0 aromatic carbocycles. The summed E-state index contributed by atoms with van der Waals surface area (Å²) < 4.78 is 32.9. The highest BCUT2D eigenvalue weighted by Crippen LogP contribution is 2.10. The smallest absolute Gasteiger partial charge is 0.234 e. The summed E-state index contributed by atoms with van der Waals surface area (Å²) >= 11 is 0. The van der Waals surface area contributed by atoms with Gasteiger partial charge in [-0.15, -0.1) is 0 Å². The lowest BCUT2D eigenvalue weighted by Gasteiger charge is -2.32. The van der Waals surface area contributed by atoms with Gasteiger partial charge in [0.25, 0.3) is 0 Å². The molecule has 57 heavy (non-hydrogen) atoms. The summed E-state index contributed by atoms with van der Waals surface area (Å²) in [4.78, 5) is 27.4. The van der Waals surface area contributed by atoms with Gasteiger partial charge in [0.1, 0.15) is 12.2 Å². The summed E-state index contributed by atoms with van der Waals surface area (Å²) in [6, 6.07) is 0. The van der Waals surface area contributed by atoms with Crippen molar-refractivity contribution in [3.63, 3.8) is 0 Å². The number of carbonyl (C=O) groups excluding carboxylic acids is 2. The zero-order chi connectivity index (χ0) is 43.1. The van der Waals surface area contributed by atoms with Gasteiger partial charge in [-0.2, -0.15) is 0 Å². The minimum absolute atomic E-state index is 0.0311. The van der Waals surface area contributed by atoms with Gasteiger partial charge in [-0.25, -0.2) is 0 Å². The van der Waals surface area contributed by atoms with Gasteiger partial charge in [0.05, 0.1) is 117 Å². The highest BCUT2D eigenvalue weighted by atomic mass is 16.6. The molecular weight excluding hydrogens is 762 g/mol. The third-order valence-corrected chi connectivity index (χ3v) is 7.99. The van der Waals surface area contributed by atoms with Crippen molar-refractivity contribution in [2.24, 2.45) is 0 Å². The van der Waals surface area contributed by atoms with Crippen molar-refractivity contribution in [1.82, 2.24) is 25.8 Å². The van der Waals surface area contributed by atoms with Crippen LogP contribution in [0.2, 0.25) is 0 Å². The van der Waals surface area contributed by atoms with E-state index >= 15 is 0 Å². The molecule has 22 heteroatoms. The van der Waals surface area contributed by atoms with Gasteiger partial charge in [-0.05, 0) is 19.9 Å². The summed E-state index contributed by atoms with van der Waals surface area (Å²) in [5, 5.41) is 94.2. The lowest BCUT2D eigenvalue weighted by atomic mass is 10.0. The van der Waals surface area contributed by atoms with Gasteiger partial charge in [0.2, 0.25) is 11.8 Å². The molecule has 6 unspecified atom stereocenters. The molecular formula is C35H75N5O17. The second kappa shape index (κ2) is 41.0. The Morgan fingerprint density at radius 2 is 0.877 bits per heavy atom. The largest absolute Gasteiger partial charge is 0.400 e. The highest BCUT2D eigenvalue weighted by Gasteiger charge is 2.30. The van der Waals surface area contributed by atoms with E-state index in [1.807, 2.05) is 7.05 Å². The van der Waals surface area contributed by atoms with E-state index in [1.165, 1.54) is 11.9 Å². The van der Waals surface area contributed by atoms with E-state index in [0.717, 1.165) is 13.7 Å². The number of ether oxygens (including phenoxy) is 6. The molecule has 2 amide bonds. The van der Waals surface area contributed by atoms with Crippen LogP contribution in [0.15, 0.2) is 0 Å². The third-order valence-electron chi connectivity index (χ3n) is 7.99. The molecule has 342 valence electrons. The Morgan fingerprint density at radius 3 is 1.28 bits per heavy atom. The van der Waals surface area contributed by atoms with Crippen LogP contribution < -0.4 is 16.0 Å². The first-order chi connectivity index (χ1) is 27.5. The number of aliphatic hydroxyl groups is 9. The van der Waals surface area contributed by atoms with Gasteiger partial charge in [-0.1, -0.05) is 0 Å². The number of nitrogens with one attached hydrogen (secondary N) is 3.